The van der Waals surface area contributed by atoms with Crippen molar-refractivity contribution in [3.05, 3.63) is 29.6 Å². The normalized spacial score (nSPS) is 8.56. The van der Waals surface area contributed by atoms with Crippen LogP contribution in [0, 0.1) is 0 Å². The first-order chi connectivity index (χ1) is 8.02. The number of carbonyl (C=O) groups excluding carboxylic acids is 2. The summed E-state index contributed by atoms with van der Waals surface area (Å²) in [6.45, 7) is 2.06. The smallest absolute Gasteiger partial charge is 0.0794 e. The van der Waals surface area contributed by atoms with Crippen LogP contribution in [0.1, 0.15) is 27.1 Å². The van der Waals surface area contributed by atoms with Crippen LogP contribution >= 0.6 is 0 Å². The van der Waals surface area contributed by atoms with Gasteiger partial charge in [-0.1, -0.05) is 0 Å². The van der Waals surface area contributed by atoms with E-state index in [4.69, 9.17) is 0 Å². The number of hydrogen-bond acceptors (Lipinski definition) is 5. The topological polar surface area (TPSA) is 180 Å². The summed E-state index contributed by atoms with van der Waals surface area (Å²) in [7, 11) is 0. The second-order valence-electron chi connectivity index (χ2n) is 3.10. The van der Waals surface area contributed by atoms with Crippen molar-refractivity contribution in [1.29, 1.82) is 0 Å². The van der Waals surface area contributed by atoms with E-state index in [0.717, 1.165) is 31.5 Å². The highest BCUT2D eigenvalue weighted by Gasteiger charge is 1.97. The Kier molecular flexibility index (Phi) is 10.3. The van der Waals surface area contributed by atoms with E-state index in [1.54, 1.807) is 0 Å². The van der Waals surface area contributed by atoms with Crippen LogP contribution in [0.5, 0.6) is 0 Å². The molecule has 0 radical (unpaired) electrons. The van der Waals surface area contributed by atoms with Gasteiger partial charge in [0.05, 0.1) is 25.0 Å². The fraction of sp³-hybridized carbons (Fsp3) is 0.300. The first kappa shape index (κ1) is 18.3. The van der Waals surface area contributed by atoms with E-state index in [0.29, 0.717) is 0 Å². The number of hydrogen-bond donors (Lipinski definition) is 2. The molecule has 102 valence electrons. The average Bonchev–Trinajstić information content (AvgIpc) is 2.31. The Morgan fingerprint density at radius 3 is 1.67 bits per heavy atom. The average molecular weight is 259 g/mol. The Morgan fingerprint density at radius 1 is 1.06 bits per heavy atom. The molecule has 1 rings (SSSR count). The minimum atomic E-state index is -1.47. The van der Waals surface area contributed by atoms with E-state index in [2.05, 4.69) is 16.5 Å². The van der Waals surface area contributed by atoms with Crippen molar-refractivity contribution in [2.75, 3.05) is 13.1 Å². The van der Waals surface area contributed by atoms with Crippen LogP contribution in [-0.2, 0) is 0 Å². The van der Waals surface area contributed by atoms with Crippen LogP contribution in [0.25, 0.3) is 0 Å². The van der Waals surface area contributed by atoms with E-state index >= 15 is 0 Å². The molecule has 1 aromatic rings. The summed E-state index contributed by atoms with van der Waals surface area (Å²) in [5, 5.41) is 20.4. The molecule has 0 bridgehead atoms. The van der Waals surface area contributed by atoms with Crippen LogP contribution in [0.4, 0.5) is 0 Å². The molecule has 0 aliphatic heterocycles. The molecule has 0 amide bonds. The van der Waals surface area contributed by atoms with Crippen molar-refractivity contribution in [3.8, 4) is 0 Å². The van der Waals surface area contributed by atoms with Crippen molar-refractivity contribution < 1.29 is 36.7 Å². The van der Waals surface area contributed by atoms with Crippen molar-refractivity contribution in [2.24, 2.45) is 0 Å². The van der Waals surface area contributed by atoms with Gasteiger partial charge in [-0.3, -0.25) is 4.98 Å². The van der Waals surface area contributed by atoms with Crippen molar-refractivity contribution in [2.45, 2.75) is 6.42 Å². The van der Waals surface area contributed by atoms with Crippen LogP contribution in [0.15, 0.2) is 18.5 Å². The fourth-order valence-electron chi connectivity index (χ4n) is 0.840. The maximum absolute atomic E-state index is 10.2. The van der Waals surface area contributed by atoms with Crippen molar-refractivity contribution in [1.82, 2.24) is 4.98 Å². The van der Waals surface area contributed by atoms with Gasteiger partial charge in [-0.2, -0.15) is 0 Å². The molecule has 0 saturated heterocycles. The molecule has 0 spiro atoms. The number of carbonyl (C=O) groups is 2. The Labute approximate surface area is 104 Å². The van der Waals surface area contributed by atoms with Gasteiger partial charge >= 0.3 is 0 Å². The molecule has 0 aliphatic carbocycles. The number of carboxylic acid groups (broad SMARTS) is 2. The van der Waals surface area contributed by atoms with Gasteiger partial charge in [0.2, 0.25) is 0 Å². The minimum absolute atomic E-state index is 0. The van der Waals surface area contributed by atoms with Gasteiger partial charge in [0.1, 0.15) is 0 Å². The molecule has 0 atom stereocenters. The Bertz CT molecular complexity index is 352. The molecule has 0 unspecified atom stereocenters. The summed E-state index contributed by atoms with van der Waals surface area (Å²) in [6, 6.07) is 0.928. The summed E-state index contributed by atoms with van der Waals surface area (Å²) in [4.78, 5) is 23.8. The second kappa shape index (κ2) is 10.1. The summed E-state index contributed by atoms with van der Waals surface area (Å²) in [5.41, 5.74) is 6.71. The van der Waals surface area contributed by atoms with Crippen molar-refractivity contribution in [3.63, 3.8) is 0 Å². The number of carboxylic acids is 2. The predicted molar refractivity (Wildman–Crippen MR) is 56.6 cm³/mol. The second-order valence-corrected chi connectivity index (χ2v) is 3.10. The number of aromatic carboxylic acids is 2. The highest BCUT2D eigenvalue weighted by Crippen LogP contribution is 1.99. The van der Waals surface area contributed by atoms with Crippen LogP contribution in [0.2, 0.25) is 0 Å². The monoisotopic (exact) mass is 259 g/mol. The minimum Gasteiger partial charge on any atom is -0.545 e. The molecule has 8 heteroatoms. The largest absolute Gasteiger partial charge is 0.545 e. The van der Waals surface area contributed by atoms with Crippen LogP contribution in [0.3, 0.4) is 0 Å². The zero-order valence-electron chi connectivity index (χ0n) is 9.85. The van der Waals surface area contributed by atoms with Crippen LogP contribution < -0.4 is 21.7 Å². The third-order valence-corrected chi connectivity index (χ3v) is 1.71. The van der Waals surface area contributed by atoms with E-state index in [1.165, 1.54) is 6.42 Å². The van der Waals surface area contributed by atoms with E-state index in [9.17, 15) is 19.8 Å². The zero-order chi connectivity index (χ0) is 13.3. The number of rotatable bonds is 4. The Hall–Kier alpha value is -2.03. The third-order valence-electron chi connectivity index (χ3n) is 1.71. The lowest BCUT2D eigenvalue weighted by atomic mass is 10.2. The lowest BCUT2D eigenvalue weighted by Gasteiger charge is -2.04. The number of quaternary nitrogens is 2. The molecule has 0 aliphatic rings. The summed E-state index contributed by atoms with van der Waals surface area (Å²) < 4.78 is 0. The molecular weight excluding hydrogens is 242 g/mol. The quantitative estimate of drug-likeness (QED) is 0.547. The van der Waals surface area contributed by atoms with E-state index in [1.807, 2.05) is 0 Å². The summed E-state index contributed by atoms with van der Waals surface area (Å²) in [5.74, 6) is -2.93. The van der Waals surface area contributed by atoms with Gasteiger partial charge in [0.25, 0.3) is 0 Å². The maximum atomic E-state index is 10.2. The number of pyridine rings is 1. The summed E-state index contributed by atoms with van der Waals surface area (Å²) in [6.07, 6.45) is 3.17. The molecule has 1 heterocycles. The highest BCUT2D eigenvalue weighted by atomic mass is 16.4. The first-order valence-electron chi connectivity index (χ1n) is 4.99. The molecule has 0 saturated carbocycles. The molecule has 8 nitrogen and oxygen atoms in total. The lowest BCUT2D eigenvalue weighted by Crippen LogP contribution is -2.56. The fourth-order valence-corrected chi connectivity index (χ4v) is 0.840. The van der Waals surface area contributed by atoms with Crippen molar-refractivity contribution >= 4 is 11.9 Å². The van der Waals surface area contributed by atoms with Gasteiger partial charge in [0.15, 0.2) is 0 Å². The SMILES string of the molecule is O.O=C([O-])c1cncc(C(=O)[O-])c1.[NH3+]CCC[NH3+]. The van der Waals surface area contributed by atoms with Gasteiger partial charge in [-0.05, 0) is 6.07 Å². The summed E-state index contributed by atoms with van der Waals surface area (Å²) >= 11 is 0. The first-order valence-corrected chi connectivity index (χ1v) is 4.99. The molecule has 0 aromatic carbocycles. The van der Waals surface area contributed by atoms with Gasteiger partial charge in [-0.15, -0.1) is 0 Å². The predicted octanol–water partition coefficient (Wildman–Crippen LogP) is -5.16. The molecular formula is C10H17N3O5. The van der Waals surface area contributed by atoms with Crippen LogP contribution in [-0.4, -0.2) is 35.5 Å². The molecule has 0 fully saturated rings. The van der Waals surface area contributed by atoms with E-state index in [-0.39, 0.29) is 16.6 Å². The maximum Gasteiger partial charge on any atom is 0.0794 e. The Morgan fingerprint density at radius 2 is 1.44 bits per heavy atom. The number of nitrogens with zero attached hydrogens (tertiary/aromatic N) is 1. The molecule has 1 aromatic heterocycles. The highest BCUT2D eigenvalue weighted by molar-refractivity contribution is 5.91. The Balaban J connectivity index is 0. The zero-order valence-corrected chi connectivity index (χ0v) is 9.85. The standard InChI is InChI=1S/C7H5NO4.C3H10N2.H2O/c9-6(10)4-1-5(7(11)12)3-8-2-4;4-2-1-3-5;/h1-3H,(H,9,10)(H,11,12);1-5H2;1H2. The van der Waals surface area contributed by atoms with E-state index < -0.39 is 11.9 Å². The van der Waals surface area contributed by atoms with Gasteiger partial charge < -0.3 is 36.7 Å². The van der Waals surface area contributed by atoms with Gasteiger partial charge in [-0.25, -0.2) is 0 Å². The lowest BCUT2D eigenvalue weighted by molar-refractivity contribution is -0.404. The third kappa shape index (κ3) is 7.28. The number of aromatic nitrogens is 1. The molecule has 18 heavy (non-hydrogen) atoms. The van der Waals surface area contributed by atoms with Gasteiger partial charge in [0, 0.05) is 29.9 Å². The molecule has 8 N–H and O–H groups in total.